The van der Waals surface area contributed by atoms with Crippen molar-refractivity contribution in [2.45, 2.75) is 12.3 Å². The molecule has 1 aliphatic rings. The predicted octanol–water partition coefficient (Wildman–Crippen LogP) is 2.53. The molecule has 21 heavy (non-hydrogen) atoms. The minimum atomic E-state index is -0.540. The minimum Gasteiger partial charge on any atom is -0.366 e. The van der Waals surface area contributed by atoms with Crippen LogP contribution < -0.4 is 11.1 Å². The van der Waals surface area contributed by atoms with Gasteiger partial charge in [0.1, 0.15) is 0 Å². The molecular formula is C17H16N2O2. The molecule has 2 unspecified atom stereocenters. The smallest absolute Gasteiger partial charge is 0.250 e. The third-order valence-electron chi connectivity index (χ3n) is 3.81. The number of amides is 2. The van der Waals surface area contributed by atoms with E-state index in [4.69, 9.17) is 5.73 Å². The van der Waals surface area contributed by atoms with Crippen molar-refractivity contribution in [3.05, 3.63) is 65.7 Å². The van der Waals surface area contributed by atoms with E-state index < -0.39 is 5.91 Å². The molecular weight excluding hydrogens is 264 g/mol. The van der Waals surface area contributed by atoms with Crippen LogP contribution in [-0.2, 0) is 4.79 Å². The summed E-state index contributed by atoms with van der Waals surface area (Å²) in [4.78, 5) is 23.6. The largest absolute Gasteiger partial charge is 0.366 e. The third-order valence-corrected chi connectivity index (χ3v) is 3.81. The van der Waals surface area contributed by atoms with Gasteiger partial charge in [0.25, 0.3) is 5.91 Å². The first-order chi connectivity index (χ1) is 10.2. The van der Waals surface area contributed by atoms with Gasteiger partial charge in [-0.2, -0.15) is 0 Å². The number of hydrogen-bond donors (Lipinski definition) is 2. The second kappa shape index (κ2) is 5.40. The lowest BCUT2D eigenvalue weighted by Gasteiger charge is -2.08. The average Bonchev–Trinajstić information content (AvgIpc) is 3.29. The van der Waals surface area contributed by atoms with E-state index in [0.29, 0.717) is 11.3 Å². The Morgan fingerprint density at radius 3 is 2.38 bits per heavy atom. The summed E-state index contributed by atoms with van der Waals surface area (Å²) < 4.78 is 0. The first-order valence-electron chi connectivity index (χ1n) is 6.91. The molecule has 3 N–H and O–H groups in total. The van der Waals surface area contributed by atoms with E-state index in [9.17, 15) is 9.59 Å². The van der Waals surface area contributed by atoms with Crippen LogP contribution in [0.2, 0.25) is 0 Å². The highest BCUT2D eigenvalue weighted by molar-refractivity contribution is 6.04. The molecule has 1 aliphatic carbocycles. The van der Waals surface area contributed by atoms with Gasteiger partial charge in [-0.05, 0) is 30.0 Å². The summed E-state index contributed by atoms with van der Waals surface area (Å²) in [7, 11) is 0. The summed E-state index contributed by atoms with van der Waals surface area (Å²) in [5.74, 6) is -0.362. The van der Waals surface area contributed by atoms with Gasteiger partial charge in [0.15, 0.2) is 0 Å². The minimum absolute atomic E-state index is 0.0340. The molecule has 0 radical (unpaired) electrons. The molecule has 2 amide bonds. The monoisotopic (exact) mass is 280 g/mol. The molecule has 0 bridgehead atoms. The van der Waals surface area contributed by atoms with Crippen molar-refractivity contribution in [3.8, 4) is 0 Å². The number of nitrogens with two attached hydrogens (primary N) is 1. The van der Waals surface area contributed by atoms with Crippen LogP contribution in [0.25, 0.3) is 0 Å². The van der Waals surface area contributed by atoms with Crippen LogP contribution in [0.4, 0.5) is 5.69 Å². The number of benzene rings is 2. The zero-order chi connectivity index (χ0) is 14.8. The van der Waals surface area contributed by atoms with Crippen LogP contribution in [0.1, 0.15) is 28.3 Å². The number of carbonyl (C=O) groups is 2. The van der Waals surface area contributed by atoms with E-state index in [0.717, 1.165) is 6.42 Å². The summed E-state index contributed by atoms with van der Waals surface area (Å²) in [6.07, 6.45) is 0.842. The normalized spacial score (nSPS) is 19.8. The molecule has 0 aliphatic heterocycles. The van der Waals surface area contributed by atoms with Crippen molar-refractivity contribution in [2.75, 3.05) is 5.32 Å². The lowest BCUT2D eigenvalue weighted by atomic mass is 10.1. The zero-order valence-electron chi connectivity index (χ0n) is 11.5. The molecule has 1 saturated carbocycles. The van der Waals surface area contributed by atoms with E-state index in [1.807, 2.05) is 30.3 Å². The van der Waals surface area contributed by atoms with Crippen LogP contribution in [0.5, 0.6) is 0 Å². The second-order valence-electron chi connectivity index (χ2n) is 5.26. The Bertz CT molecular complexity index is 682. The van der Waals surface area contributed by atoms with Gasteiger partial charge in [-0.3, -0.25) is 9.59 Å². The maximum absolute atomic E-state index is 12.3. The molecule has 3 rings (SSSR count). The maximum atomic E-state index is 12.3. The van der Waals surface area contributed by atoms with Crippen molar-refractivity contribution in [3.63, 3.8) is 0 Å². The molecule has 4 nitrogen and oxygen atoms in total. The molecule has 0 saturated heterocycles. The zero-order valence-corrected chi connectivity index (χ0v) is 11.5. The highest BCUT2D eigenvalue weighted by atomic mass is 16.2. The van der Waals surface area contributed by atoms with E-state index in [1.54, 1.807) is 24.3 Å². The Balaban J connectivity index is 1.70. The molecule has 1 fully saturated rings. The van der Waals surface area contributed by atoms with Crippen LogP contribution in [-0.4, -0.2) is 11.8 Å². The number of anilines is 1. The number of rotatable bonds is 4. The van der Waals surface area contributed by atoms with Crippen molar-refractivity contribution >= 4 is 17.5 Å². The topological polar surface area (TPSA) is 72.2 Å². The first-order valence-corrected chi connectivity index (χ1v) is 6.91. The lowest BCUT2D eigenvalue weighted by molar-refractivity contribution is -0.117. The highest BCUT2D eigenvalue weighted by Crippen LogP contribution is 2.47. The number of primary amides is 1. The quantitative estimate of drug-likeness (QED) is 0.903. The maximum Gasteiger partial charge on any atom is 0.250 e. The first kappa shape index (κ1) is 13.4. The van der Waals surface area contributed by atoms with Crippen molar-refractivity contribution < 1.29 is 9.59 Å². The van der Waals surface area contributed by atoms with Crippen LogP contribution >= 0.6 is 0 Å². The summed E-state index contributed by atoms with van der Waals surface area (Å²) in [6.45, 7) is 0. The molecule has 0 spiro atoms. The number of carbonyl (C=O) groups excluding carboxylic acids is 2. The van der Waals surface area contributed by atoms with Gasteiger partial charge in [-0.15, -0.1) is 0 Å². The fourth-order valence-electron chi connectivity index (χ4n) is 2.59. The summed E-state index contributed by atoms with van der Waals surface area (Å²) in [5, 5.41) is 2.81. The molecule has 2 aromatic carbocycles. The Kier molecular flexibility index (Phi) is 3.44. The molecule has 2 aromatic rings. The van der Waals surface area contributed by atoms with E-state index in [-0.39, 0.29) is 17.7 Å². The van der Waals surface area contributed by atoms with Gasteiger partial charge < -0.3 is 11.1 Å². The van der Waals surface area contributed by atoms with E-state index in [1.165, 1.54) is 5.56 Å². The van der Waals surface area contributed by atoms with Crippen molar-refractivity contribution in [1.29, 1.82) is 0 Å². The Hall–Kier alpha value is -2.62. The highest BCUT2D eigenvalue weighted by Gasteiger charge is 2.43. The summed E-state index contributed by atoms with van der Waals surface area (Å²) in [6, 6.07) is 16.8. The predicted molar refractivity (Wildman–Crippen MR) is 80.9 cm³/mol. The van der Waals surface area contributed by atoms with Crippen molar-refractivity contribution in [1.82, 2.24) is 0 Å². The number of para-hydroxylation sites is 1. The molecule has 0 aromatic heterocycles. The van der Waals surface area contributed by atoms with Crippen LogP contribution in [0.3, 0.4) is 0 Å². The Morgan fingerprint density at radius 2 is 1.67 bits per heavy atom. The fourth-order valence-corrected chi connectivity index (χ4v) is 2.59. The number of hydrogen-bond acceptors (Lipinski definition) is 2. The molecule has 4 heteroatoms. The molecule has 2 atom stereocenters. The van der Waals surface area contributed by atoms with Crippen LogP contribution in [0.15, 0.2) is 54.6 Å². The van der Waals surface area contributed by atoms with E-state index >= 15 is 0 Å². The SMILES string of the molecule is NC(=O)c1ccccc1NC(=O)C1CC1c1ccccc1. The fraction of sp³-hybridized carbons (Fsp3) is 0.176. The lowest BCUT2D eigenvalue weighted by Crippen LogP contribution is -2.19. The summed E-state index contributed by atoms with van der Waals surface area (Å²) >= 11 is 0. The Morgan fingerprint density at radius 1 is 1.00 bits per heavy atom. The van der Waals surface area contributed by atoms with Crippen molar-refractivity contribution in [2.24, 2.45) is 11.7 Å². The van der Waals surface area contributed by atoms with Gasteiger partial charge in [-0.1, -0.05) is 42.5 Å². The van der Waals surface area contributed by atoms with Gasteiger partial charge in [0.05, 0.1) is 11.3 Å². The molecule has 0 heterocycles. The van der Waals surface area contributed by atoms with Gasteiger partial charge in [0, 0.05) is 5.92 Å². The van der Waals surface area contributed by atoms with Gasteiger partial charge >= 0.3 is 0 Å². The van der Waals surface area contributed by atoms with Gasteiger partial charge in [0.2, 0.25) is 5.91 Å². The second-order valence-corrected chi connectivity index (χ2v) is 5.26. The van der Waals surface area contributed by atoms with E-state index in [2.05, 4.69) is 5.32 Å². The van der Waals surface area contributed by atoms with Gasteiger partial charge in [-0.25, -0.2) is 0 Å². The number of nitrogens with one attached hydrogen (secondary N) is 1. The Labute approximate surface area is 123 Å². The standard InChI is InChI=1S/C17H16N2O2/c18-16(20)12-8-4-5-9-15(12)19-17(21)14-10-13(14)11-6-2-1-3-7-11/h1-9,13-14H,10H2,(H2,18,20)(H,19,21). The third kappa shape index (κ3) is 2.79. The summed E-state index contributed by atoms with van der Waals surface area (Å²) in [5.41, 5.74) is 7.31. The molecule has 106 valence electrons. The van der Waals surface area contributed by atoms with Crippen LogP contribution in [0, 0.1) is 5.92 Å². The average molecular weight is 280 g/mol.